The lowest BCUT2D eigenvalue weighted by Gasteiger charge is -2.34. The molecule has 1 N–H and O–H groups in total. The Kier molecular flexibility index (Phi) is 6.73. The second-order valence-corrected chi connectivity index (χ2v) is 8.07. The van der Waals surface area contributed by atoms with E-state index in [2.05, 4.69) is 28.4 Å². The molecule has 0 aromatic heterocycles. The van der Waals surface area contributed by atoms with Crippen LogP contribution in [0, 0.1) is 17.2 Å². The lowest BCUT2D eigenvalue weighted by Crippen LogP contribution is -2.52. The number of ether oxygens (including phenoxy) is 1. The number of carbonyl (C=O) groups is 1. The Hall–Kier alpha value is -2.06. The van der Waals surface area contributed by atoms with E-state index in [1.54, 1.807) is 7.11 Å². The van der Waals surface area contributed by atoms with Gasteiger partial charge in [-0.3, -0.25) is 9.69 Å². The number of amides is 1. The summed E-state index contributed by atoms with van der Waals surface area (Å²) in [4.78, 5) is 14.7. The molecule has 1 saturated heterocycles. The summed E-state index contributed by atoms with van der Waals surface area (Å²) in [6, 6.07) is 10.7. The number of nitriles is 1. The van der Waals surface area contributed by atoms with Gasteiger partial charge in [0.15, 0.2) is 0 Å². The SMILES string of the molecule is COc1ccc(CC2CCN(CC(=O)NC3(C#N)CCCCC3)CC2)cc1. The van der Waals surface area contributed by atoms with E-state index in [1.807, 2.05) is 12.1 Å². The van der Waals surface area contributed by atoms with Crippen molar-refractivity contribution in [1.29, 1.82) is 5.26 Å². The van der Waals surface area contributed by atoms with Crippen LogP contribution in [0.5, 0.6) is 5.75 Å². The fourth-order valence-corrected chi connectivity index (χ4v) is 4.37. The molecular weight excluding hydrogens is 338 g/mol. The Morgan fingerprint density at radius 1 is 1.22 bits per heavy atom. The first-order valence-corrected chi connectivity index (χ1v) is 10.2. The van der Waals surface area contributed by atoms with Crippen LogP contribution in [0.4, 0.5) is 0 Å². The molecule has 1 amide bonds. The number of rotatable bonds is 6. The predicted octanol–water partition coefficient (Wildman–Crippen LogP) is 3.29. The van der Waals surface area contributed by atoms with Crippen molar-refractivity contribution in [3.8, 4) is 11.8 Å². The lowest BCUT2D eigenvalue weighted by molar-refractivity contribution is -0.124. The van der Waals surface area contributed by atoms with E-state index in [0.29, 0.717) is 12.5 Å². The molecule has 1 aromatic rings. The first kappa shape index (κ1) is 19.7. The van der Waals surface area contributed by atoms with Crippen molar-refractivity contribution in [3.63, 3.8) is 0 Å². The van der Waals surface area contributed by atoms with Crippen molar-refractivity contribution in [2.24, 2.45) is 5.92 Å². The summed E-state index contributed by atoms with van der Waals surface area (Å²) < 4.78 is 5.22. The van der Waals surface area contributed by atoms with Crippen molar-refractivity contribution in [1.82, 2.24) is 10.2 Å². The number of nitrogens with one attached hydrogen (secondary N) is 1. The van der Waals surface area contributed by atoms with E-state index in [1.165, 1.54) is 12.0 Å². The van der Waals surface area contributed by atoms with Gasteiger partial charge in [0.25, 0.3) is 0 Å². The van der Waals surface area contributed by atoms with Gasteiger partial charge in [0.2, 0.25) is 5.91 Å². The Bertz CT molecular complexity index is 651. The number of piperidine rings is 1. The molecule has 5 nitrogen and oxygen atoms in total. The molecule has 0 unspecified atom stereocenters. The molecule has 5 heteroatoms. The van der Waals surface area contributed by atoms with Crippen molar-refractivity contribution in [2.75, 3.05) is 26.7 Å². The molecule has 1 heterocycles. The number of likely N-dealkylation sites (tertiary alicyclic amines) is 1. The molecule has 1 aliphatic heterocycles. The van der Waals surface area contributed by atoms with E-state index in [-0.39, 0.29) is 5.91 Å². The Labute approximate surface area is 162 Å². The second-order valence-electron chi connectivity index (χ2n) is 8.07. The molecule has 27 heavy (non-hydrogen) atoms. The van der Waals surface area contributed by atoms with Gasteiger partial charge in [0.05, 0.1) is 19.7 Å². The highest BCUT2D eigenvalue weighted by molar-refractivity contribution is 5.79. The van der Waals surface area contributed by atoms with Crippen LogP contribution in [0.2, 0.25) is 0 Å². The largest absolute Gasteiger partial charge is 0.497 e. The number of nitrogens with zero attached hydrogens (tertiary/aromatic N) is 2. The van der Waals surface area contributed by atoms with Gasteiger partial charge in [-0.1, -0.05) is 31.4 Å². The van der Waals surface area contributed by atoms with E-state index in [9.17, 15) is 10.1 Å². The number of hydrogen-bond donors (Lipinski definition) is 1. The normalized spacial score (nSPS) is 20.6. The van der Waals surface area contributed by atoms with E-state index < -0.39 is 5.54 Å². The topological polar surface area (TPSA) is 65.4 Å². The van der Waals surface area contributed by atoms with Gasteiger partial charge in [-0.05, 0) is 68.8 Å². The molecule has 2 fully saturated rings. The quantitative estimate of drug-likeness (QED) is 0.836. The summed E-state index contributed by atoms with van der Waals surface area (Å²) in [5, 5.41) is 12.6. The van der Waals surface area contributed by atoms with Crippen LogP contribution in [-0.4, -0.2) is 43.1 Å². The van der Waals surface area contributed by atoms with Gasteiger partial charge in [-0.2, -0.15) is 5.26 Å². The van der Waals surface area contributed by atoms with E-state index in [0.717, 1.165) is 63.8 Å². The van der Waals surface area contributed by atoms with Crippen LogP contribution >= 0.6 is 0 Å². The van der Waals surface area contributed by atoms with Gasteiger partial charge < -0.3 is 10.1 Å². The molecule has 1 saturated carbocycles. The summed E-state index contributed by atoms with van der Waals surface area (Å²) in [5.74, 6) is 1.57. The average molecular weight is 370 g/mol. The third-order valence-corrected chi connectivity index (χ3v) is 6.06. The van der Waals surface area contributed by atoms with Gasteiger partial charge in [-0.25, -0.2) is 0 Å². The highest BCUT2D eigenvalue weighted by Gasteiger charge is 2.34. The second kappa shape index (κ2) is 9.23. The van der Waals surface area contributed by atoms with Gasteiger partial charge >= 0.3 is 0 Å². The summed E-state index contributed by atoms with van der Waals surface area (Å²) >= 11 is 0. The minimum atomic E-state index is -0.623. The number of carbonyl (C=O) groups excluding carboxylic acids is 1. The van der Waals surface area contributed by atoms with Gasteiger partial charge in [0, 0.05) is 0 Å². The summed E-state index contributed by atoms with van der Waals surface area (Å²) in [5.41, 5.74) is 0.724. The molecule has 0 spiro atoms. The maximum absolute atomic E-state index is 12.5. The lowest BCUT2D eigenvalue weighted by atomic mass is 9.83. The molecule has 0 radical (unpaired) electrons. The molecule has 1 aliphatic carbocycles. The van der Waals surface area contributed by atoms with E-state index >= 15 is 0 Å². The Morgan fingerprint density at radius 3 is 2.48 bits per heavy atom. The maximum Gasteiger partial charge on any atom is 0.235 e. The summed E-state index contributed by atoms with van der Waals surface area (Å²) in [6.45, 7) is 2.32. The summed E-state index contributed by atoms with van der Waals surface area (Å²) in [7, 11) is 1.69. The molecule has 2 aliphatic rings. The van der Waals surface area contributed by atoms with Gasteiger partial charge in [-0.15, -0.1) is 0 Å². The molecule has 0 atom stereocenters. The van der Waals surface area contributed by atoms with Crippen LogP contribution in [-0.2, 0) is 11.2 Å². The minimum absolute atomic E-state index is 0.00653. The van der Waals surface area contributed by atoms with Crippen molar-refractivity contribution in [2.45, 2.75) is 56.9 Å². The molecular formula is C22H31N3O2. The average Bonchev–Trinajstić information content (AvgIpc) is 2.70. The van der Waals surface area contributed by atoms with Crippen molar-refractivity contribution in [3.05, 3.63) is 29.8 Å². The zero-order valence-corrected chi connectivity index (χ0v) is 16.4. The number of benzene rings is 1. The smallest absolute Gasteiger partial charge is 0.235 e. The first-order valence-electron chi connectivity index (χ1n) is 10.2. The zero-order valence-electron chi connectivity index (χ0n) is 16.4. The number of methoxy groups -OCH3 is 1. The molecule has 3 rings (SSSR count). The molecule has 146 valence electrons. The maximum atomic E-state index is 12.5. The third kappa shape index (κ3) is 5.46. The Morgan fingerprint density at radius 2 is 1.89 bits per heavy atom. The zero-order chi connectivity index (χ0) is 19.1. The van der Waals surface area contributed by atoms with E-state index in [4.69, 9.17) is 4.74 Å². The van der Waals surface area contributed by atoms with Crippen LogP contribution < -0.4 is 10.1 Å². The van der Waals surface area contributed by atoms with Crippen LogP contribution in [0.15, 0.2) is 24.3 Å². The molecule has 0 bridgehead atoms. The summed E-state index contributed by atoms with van der Waals surface area (Å²) in [6.07, 6.45) is 8.13. The standard InChI is InChI=1S/C22H31N3O2/c1-27-20-7-5-18(6-8-20)15-19-9-13-25(14-10-19)16-21(26)24-22(17-23)11-3-2-4-12-22/h5-8,19H,2-4,9-16H2,1H3,(H,24,26). The highest BCUT2D eigenvalue weighted by Crippen LogP contribution is 2.28. The van der Waals surface area contributed by atoms with Crippen molar-refractivity contribution >= 4 is 5.91 Å². The van der Waals surface area contributed by atoms with Gasteiger partial charge in [0.1, 0.15) is 11.3 Å². The fraction of sp³-hybridized carbons (Fsp3) is 0.636. The first-order chi connectivity index (χ1) is 13.1. The fourth-order valence-electron chi connectivity index (χ4n) is 4.37. The minimum Gasteiger partial charge on any atom is -0.497 e. The van der Waals surface area contributed by atoms with Crippen LogP contribution in [0.3, 0.4) is 0 Å². The Balaban J connectivity index is 1.42. The highest BCUT2D eigenvalue weighted by atomic mass is 16.5. The van der Waals surface area contributed by atoms with Crippen LogP contribution in [0.25, 0.3) is 0 Å². The van der Waals surface area contributed by atoms with Crippen molar-refractivity contribution < 1.29 is 9.53 Å². The monoisotopic (exact) mass is 369 g/mol. The predicted molar refractivity (Wildman–Crippen MR) is 105 cm³/mol. The van der Waals surface area contributed by atoms with Crippen LogP contribution in [0.1, 0.15) is 50.5 Å². The number of hydrogen-bond acceptors (Lipinski definition) is 4. The molecule has 1 aromatic carbocycles. The third-order valence-electron chi connectivity index (χ3n) is 6.06.